The Hall–Kier alpha value is -2.33. The van der Waals surface area contributed by atoms with Crippen molar-refractivity contribution >= 4 is 5.91 Å². The molecule has 4 nitrogen and oxygen atoms in total. The molecule has 2 aromatic carbocycles. The molecule has 1 unspecified atom stereocenters. The highest BCUT2D eigenvalue weighted by Gasteiger charge is 2.14. The molecule has 0 aliphatic heterocycles. The van der Waals surface area contributed by atoms with Gasteiger partial charge in [-0.25, -0.2) is 0 Å². The van der Waals surface area contributed by atoms with Crippen molar-refractivity contribution in [3.63, 3.8) is 0 Å². The molecule has 1 atom stereocenters. The number of rotatable bonds is 7. The fourth-order valence-corrected chi connectivity index (χ4v) is 2.12. The summed E-state index contributed by atoms with van der Waals surface area (Å²) in [5, 5.41) is 2.87. The molecule has 122 valence electrons. The molecule has 0 bridgehead atoms. The lowest BCUT2D eigenvalue weighted by Crippen LogP contribution is -2.33. The molecule has 0 heterocycles. The van der Waals surface area contributed by atoms with Crippen LogP contribution in [0.3, 0.4) is 0 Å². The molecule has 2 rings (SSSR count). The Balaban J connectivity index is 1.90. The molecule has 0 radical (unpaired) electrons. The third kappa shape index (κ3) is 5.42. The van der Waals surface area contributed by atoms with Crippen molar-refractivity contribution in [1.82, 2.24) is 5.32 Å². The lowest BCUT2D eigenvalue weighted by Gasteiger charge is -2.13. The van der Waals surface area contributed by atoms with Gasteiger partial charge in [-0.3, -0.25) is 4.79 Å². The SMILES string of the molecule is CC(C)COc1cccc(CNC(=O)C(N)c2ccccc2)c1. The Kier molecular flexibility index (Phi) is 6.18. The Labute approximate surface area is 137 Å². The molecule has 3 N–H and O–H groups in total. The predicted molar refractivity (Wildman–Crippen MR) is 92.0 cm³/mol. The Morgan fingerprint density at radius 3 is 2.57 bits per heavy atom. The zero-order valence-corrected chi connectivity index (χ0v) is 13.7. The largest absolute Gasteiger partial charge is 0.493 e. The van der Waals surface area contributed by atoms with Gasteiger partial charge in [0, 0.05) is 6.54 Å². The third-order valence-electron chi connectivity index (χ3n) is 3.39. The highest BCUT2D eigenvalue weighted by Crippen LogP contribution is 2.15. The number of amides is 1. The molecule has 23 heavy (non-hydrogen) atoms. The maximum absolute atomic E-state index is 12.1. The van der Waals surface area contributed by atoms with Crippen LogP contribution in [0.4, 0.5) is 0 Å². The van der Waals surface area contributed by atoms with Gasteiger partial charge in [-0.2, -0.15) is 0 Å². The van der Waals surface area contributed by atoms with E-state index in [1.54, 1.807) is 0 Å². The van der Waals surface area contributed by atoms with Gasteiger partial charge >= 0.3 is 0 Å². The molecule has 4 heteroatoms. The van der Waals surface area contributed by atoms with Crippen LogP contribution < -0.4 is 15.8 Å². The summed E-state index contributed by atoms with van der Waals surface area (Å²) >= 11 is 0. The Morgan fingerprint density at radius 2 is 1.87 bits per heavy atom. The summed E-state index contributed by atoms with van der Waals surface area (Å²) in [5.74, 6) is 1.10. The van der Waals surface area contributed by atoms with Gasteiger partial charge in [-0.15, -0.1) is 0 Å². The minimum Gasteiger partial charge on any atom is -0.493 e. The minimum atomic E-state index is -0.656. The van der Waals surface area contributed by atoms with Crippen molar-refractivity contribution in [2.75, 3.05) is 6.61 Å². The van der Waals surface area contributed by atoms with Crippen molar-refractivity contribution in [3.8, 4) is 5.75 Å². The van der Waals surface area contributed by atoms with Crippen molar-refractivity contribution in [1.29, 1.82) is 0 Å². The van der Waals surface area contributed by atoms with E-state index in [1.807, 2.05) is 54.6 Å². The van der Waals surface area contributed by atoms with Gasteiger partial charge in [0.15, 0.2) is 0 Å². The van der Waals surface area contributed by atoms with Crippen LogP contribution in [0.1, 0.15) is 31.0 Å². The first-order valence-electron chi connectivity index (χ1n) is 7.86. The van der Waals surface area contributed by atoms with Gasteiger partial charge in [-0.1, -0.05) is 56.3 Å². The summed E-state index contributed by atoms with van der Waals surface area (Å²) in [6.07, 6.45) is 0. The second-order valence-corrected chi connectivity index (χ2v) is 5.96. The zero-order valence-electron chi connectivity index (χ0n) is 13.7. The van der Waals surface area contributed by atoms with Gasteiger partial charge in [0.05, 0.1) is 6.61 Å². The smallest absolute Gasteiger partial charge is 0.241 e. The summed E-state index contributed by atoms with van der Waals surface area (Å²) in [5.41, 5.74) is 7.77. The van der Waals surface area contributed by atoms with E-state index >= 15 is 0 Å². The third-order valence-corrected chi connectivity index (χ3v) is 3.39. The minimum absolute atomic E-state index is 0.190. The van der Waals surface area contributed by atoms with Crippen LogP contribution in [0, 0.1) is 5.92 Å². The van der Waals surface area contributed by atoms with E-state index < -0.39 is 6.04 Å². The molecule has 0 saturated carbocycles. The van der Waals surface area contributed by atoms with Crippen LogP contribution in [-0.2, 0) is 11.3 Å². The van der Waals surface area contributed by atoms with Crippen molar-refractivity contribution in [2.24, 2.45) is 11.7 Å². The molecule has 0 saturated heterocycles. The van der Waals surface area contributed by atoms with Crippen molar-refractivity contribution in [3.05, 3.63) is 65.7 Å². The van der Waals surface area contributed by atoms with Crippen LogP contribution >= 0.6 is 0 Å². The summed E-state index contributed by atoms with van der Waals surface area (Å²) in [4.78, 5) is 12.1. The predicted octanol–water partition coefficient (Wildman–Crippen LogP) is 3.04. The number of carbonyl (C=O) groups is 1. The van der Waals surface area contributed by atoms with E-state index in [-0.39, 0.29) is 5.91 Å². The molecule has 0 aromatic heterocycles. The van der Waals surface area contributed by atoms with E-state index in [9.17, 15) is 4.79 Å². The average molecular weight is 312 g/mol. The zero-order chi connectivity index (χ0) is 16.7. The number of ether oxygens (including phenoxy) is 1. The lowest BCUT2D eigenvalue weighted by molar-refractivity contribution is -0.122. The van der Waals surface area contributed by atoms with Gasteiger partial charge in [0.25, 0.3) is 0 Å². The normalized spacial score (nSPS) is 12.0. The molecular formula is C19H24N2O2. The maximum atomic E-state index is 12.1. The number of nitrogens with two attached hydrogens (primary N) is 1. The summed E-state index contributed by atoms with van der Waals surface area (Å²) in [6, 6.07) is 16.4. The van der Waals surface area contributed by atoms with E-state index in [4.69, 9.17) is 10.5 Å². The number of benzene rings is 2. The molecule has 2 aromatic rings. The van der Waals surface area contributed by atoms with Crippen LogP contribution in [-0.4, -0.2) is 12.5 Å². The second-order valence-electron chi connectivity index (χ2n) is 5.96. The molecular weight excluding hydrogens is 288 g/mol. The molecule has 0 aliphatic rings. The van der Waals surface area contributed by atoms with Gasteiger partial charge in [0.1, 0.15) is 11.8 Å². The standard InChI is InChI=1S/C19H24N2O2/c1-14(2)13-23-17-10-6-7-15(11-17)12-21-19(22)18(20)16-8-4-3-5-9-16/h3-11,14,18H,12-13,20H2,1-2H3,(H,21,22). The van der Waals surface area contributed by atoms with Crippen LogP contribution in [0.15, 0.2) is 54.6 Å². The molecule has 1 amide bonds. The number of hydrogen-bond acceptors (Lipinski definition) is 3. The quantitative estimate of drug-likeness (QED) is 0.826. The van der Waals surface area contributed by atoms with Crippen LogP contribution in [0.5, 0.6) is 5.75 Å². The van der Waals surface area contributed by atoms with Crippen molar-refractivity contribution in [2.45, 2.75) is 26.4 Å². The second kappa shape index (κ2) is 8.34. The fourth-order valence-electron chi connectivity index (χ4n) is 2.12. The van der Waals surface area contributed by atoms with E-state index in [1.165, 1.54) is 0 Å². The van der Waals surface area contributed by atoms with Gasteiger partial charge in [-0.05, 0) is 29.2 Å². The molecule has 0 fully saturated rings. The highest BCUT2D eigenvalue weighted by atomic mass is 16.5. The number of nitrogens with one attached hydrogen (secondary N) is 1. The summed E-state index contributed by atoms with van der Waals surface area (Å²) < 4.78 is 5.69. The maximum Gasteiger partial charge on any atom is 0.241 e. The first kappa shape index (κ1) is 17.0. The monoisotopic (exact) mass is 312 g/mol. The molecule has 0 aliphatic carbocycles. The first-order chi connectivity index (χ1) is 11.1. The van der Waals surface area contributed by atoms with Crippen molar-refractivity contribution < 1.29 is 9.53 Å². The lowest BCUT2D eigenvalue weighted by atomic mass is 10.1. The number of hydrogen-bond donors (Lipinski definition) is 2. The van der Waals surface area contributed by atoms with Gasteiger partial charge in [0.2, 0.25) is 5.91 Å². The highest BCUT2D eigenvalue weighted by molar-refractivity contribution is 5.82. The van der Waals surface area contributed by atoms with E-state index in [2.05, 4.69) is 19.2 Å². The average Bonchev–Trinajstić information content (AvgIpc) is 2.58. The van der Waals surface area contributed by atoms with Gasteiger partial charge < -0.3 is 15.8 Å². The van der Waals surface area contributed by atoms with E-state index in [0.29, 0.717) is 19.1 Å². The summed E-state index contributed by atoms with van der Waals surface area (Å²) in [6.45, 7) is 5.32. The molecule has 0 spiro atoms. The van der Waals surface area contributed by atoms with Crippen LogP contribution in [0.2, 0.25) is 0 Å². The first-order valence-corrected chi connectivity index (χ1v) is 7.86. The fraction of sp³-hybridized carbons (Fsp3) is 0.316. The summed E-state index contributed by atoms with van der Waals surface area (Å²) in [7, 11) is 0. The number of carbonyl (C=O) groups excluding carboxylic acids is 1. The van der Waals surface area contributed by atoms with Crippen LogP contribution in [0.25, 0.3) is 0 Å². The van der Waals surface area contributed by atoms with E-state index in [0.717, 1.165) is 16.9 Å². The Bertz CT molecular complexity index is 626. The Morgan fingerprint density at radius 1 is 1.13 bits per heavy atom. The topological polar surface area (TPSA) is 64.3 Å².